The molecule has 1 heterocycles. The summed E-state index contributed by atoms with van der Waals surface area (Å²) >= 11 is 1.49. The summed E-state index contributed by atoms with van der Waals surface area (Å²) in [7, 11) is 0. The van der Waals surface area contributed by atoms with Crippen molar-refractivity contribution in [3.8, 4) is 0 Å². The van der Waals surface area contributed by atoms with Crippen LogP contribution in [0.1, 0.15) is 53.0 Å². The van der Waals surface area contributed by atoms with Gasteiger partial charge in [-0.25, -0.2) is 9.78 Å². The zero-order valence-corrected chi connectivity index (χ0v) is 11.8. The van der Waals surface area contributed by atoms with Gasteiger partial charge in [0.15, 0.2) is 0 Å². The number of rotatable bonds is 3. The molecule has 0 radical (unpaired) electrons. The molecule has 98 valence electrons. The van der Waals surface area contributed by atoms with Crippen LogP contribution in [0.5, 0.6) is 0 Å². The van der Waals surface area contributed by atoms with Crippen molar-refractivity contribution in [2.45, 2.75) is 52.1 Å². The second kappa shape index (κ2) is 4.65. The predicted molar refractivity (Wildman–Crippen MR) is 70.9 cm³/mol. The van der Waals surface area contributed by atoms with Crippen molar-refractivity contribution in [3.63, 3.8) is 0 Å². The predicted octanol–water partition coefficient (Wildman–Crippen LogP) is 3.36. The van der Waals surface area contributed by atoms with Crippen LogP contribution in [0.4, 0.5) is 0 Å². The highest BCUT2D eigenvalue weighted by Gasteiger charge is 2.42. The Labute approximate surface area is 112 Å². The van der Waals surface area contributed by atoms with E-state index < -0.39 is 0 Å². The average molecular weight is 265 g/mol. The molecule has 4 heteroatoms. The van der Waals surface area contributed by atoms with Crippen molar-refractivity contribution >= 4 is 17.3 Å². The molecular weight excluding hydrogens is 246 g/mol. The maximum atomic E-state index is 12.2. The molecule has 0 unspecified atom stereocenters. The number of nitrogens with zero attached hydrogens (tertiary/aromatic N) is 1. The van der Waals surface area contributed by atoms with E-state index in [1.165, 1.54) is 30.6 Å². The first-order valence-electron chi connectivity index (χ1n) is 6.84. The van der Waals surface area contributed by atoms with Gasteiger partial charge >= 0.3 is 5.97 Å². The molecule has 0 aliphatic heterocycles. The zero-order valence-electron chi connectivity index (χ0n) is 10.9. The molecule has 0 saturated heterocycles. The van der Waals surface area contributed by atoms with Gasteiger partial charge < -0.3 is 4.74 Å². The molecule has 0 aromatic carbocycles. The van der Waals surface area contributed by atoms with Gasteiger partial charge in [0.2, 0.25) is 0 Å². The van der Waals surface area contributed by atoms with Gasteiger partial charge in [0.25, 0.3) is 0 Å². The van der Waals surface area contributed by atoms with Crippen LogP contribution in [0.25, 0.3) is 0 Å². The lowest BCUT2D eigenvalue weighted by Gasteiger charge is -2.21. The molecule has 18 heavy (non-hydrogen) atoms. The van der Waals surface area contributed by atoms with E-state index in [0.29, 0.717) is 10.8 Å². The van der Waals surface area contributed by atoms with E-state index in [1.807, 2.05) is 6.92 Å². The number of ether oxygens (including phenoxy) is 1. The lowest BCUT2D eigenvalue weighted by Crippen LogP contribution is -2.24. The largest absolute Gasteiger partial charge is 0.458 e. The third kappa shape index (κ3) is 2.07. The average Bonchev–Trinajstić information content (AvgIpc) is 3.03. The highest BCUT2D eigenvalue weighted by molar-refractivity contribution is 7.13. The van der Waals surface area contributed by atoms with Crippen LogP contribution in [0.2, 0.25) is 0 Å². The molecule has 0 N–H and O–H groups in total. The van der Waals surface area contributed by atoms with Crippen molar-refractivity contribution in [3.05, 3.63) is 15.6 Å². The number of thiazole rings is 1. The Morgan fingerprint density at radius 2 is 2.28 bits per heavy atom. The number of carbonyl (C=O) groups excluding carboxylic acids is 1. The van der Waals surface area contributed by atoms with E-state index >= 15 is 0 Å². The second-order valence-corrected chi connectivity index (χ2v) is 6.58. The Morgan fingerprint density at radius 3 is 2.83 bits per heavy atom. The van der Waals surface area contributed by atoms with E-state index in [0.717, 1.165) is 29.5 Å². The van der Waals surface area contributed by atoms with Crippen molar-refractivity contribution < 1.29 is 9.53 Å². The first-order valence-corrected chi connectivity index (χ1v) is 7.66. The molecule has 2 aliphatic carbocycles. The molecule has 1 aromatic rings. The molecule has 3 nitrogen and oxygen atoms in total. The number of aryl methyl sites for hydroxylation is 2. The summed E-state index contributed by atoms with van der Waals surface area (Å²) in [6.07, 6.45) is 5.97. The van der Waals surface area contributed by atoms with Gasteiger partial charge in [0.05, 0.1) is 10.7 Å². The van der Waals surface area contributed by atoms with Gasteiger partial charge in [-0.05, 0) is 50.9 Å². The van der Waals surface area contributed by atoms with E-state index in [2.05, 4.69) is 11.9 Å². The zero-order chi connectivity index (χ0) is 12.7. The van der Waals surface area contributed by atoms with E-state index in [4.69, 9.17) is 4.74 Å². The third-order valence-electron chi connectivity index (χ3n) is 4.26. The monoisotopic (exact) mass is 265 g/mol. The number of carbonyl (C=O) groups is 1. The Bertz CT molecular complexity index is 468. The fourth-order valence-corrected chi connectivity index (χ4v) is 4.20. The Balaban J connectivity index is 1.69. The van der Waals surface area contributed by atoms with E-state index in [9.17, 15) is 4.79 Å². The summed E-state index contributed by atoms with van der Waals surface area (Å²) < 4.78 is 5.70. The Kier molecular flexibility index (Phi) is 3.14. The number of hydrogen-bond donors (Lipinski definition) is 0. The van der Waals surface area contributed by atoms with E-state index in [1.54, 1.807) is 0 Å². The fraction of sp³-hybridized carbons (Fsp3) is 0.714. The van der Waals surface area contributed by atoms with Crippen LogP contribution >= 0.6 is 11.3 Å². The smallest absolute Gasteiger partial charge is 0.350 e. The van der Waals surface area contributed by atoms with Crippen LogP contribution in [0.3, 0.4) is 0 Å². The lowest BCUT2D eigenvalue weighted by atomic mass is 9.98. The van der Waals surface area contributed by atoms with Gasteiger partial charge in [0.1, 0.15) is 11.0 Å². The van der Waals surface area contributed by atoms with Gasteiger partial charge in [-0.2, -0.15) is 0 Å². The van der Waals surface area contributed by atoms with Crippen molar-refractivity contribution in [1.82, 2.24) is 4.98 Å². The summed E-state index contributed by atoms with van der Waals surface area (Å²) in [5.74, 6) is 1.28. The van der Waals surface area contributed by atoms with E-state index in [-0.39, 0.29) is 12.1 Å². The Hall–Kier alpha value is -0.900. The first-order chi connectivity index (χ1) is 8.67. The summed E-state index contributed by atoms with van der Waals surface area (Å²) in [5, 5.41) is 1.02. The summed E-state index contributed by atoms with van der Waals surface area (Å²) in [6, 6.07) is 0. The molecule has 3 rings (SSSR count). The molecule has 2 bridgehead atoms. The topological polar surface area (TPSA) is 39.2 Å². The Morgan fingerprint density at radius 1 is 1.44 bits per heavy atom. The summed E-state index contributed by atoms with van der Waals surface area (Å²) in [4.78, 5) is 17.3. The summed E-state index contributed by atoms with van der Waals surface area (Å²) in [6.45, 7) is 3.95. The lowest BCUT2D eigenvalue weighted by molar-refractivity contribution is 0.0163. The van der Waals surface area contributed by atoms with Crippen LogP contribution in [0, 0.1) is 18.8 Å². The van der Waals surface area contributed by atoms with Crippen molar-refractivity contribution in [2.24, 2.45) is 11.8 Å². The van der Waals surface area contributed by atoms with Crippen LogP contribution in [-0.4, -0.2) is 17.1 Å². The number of esters is 1. The minimum atomic E-state index is -0.151. The maximum Gasteiger partial charge on any atom is 0.350 e. The second-order valence-electron chi connectivity index (χ2n) is 5.49. The molecule has 0 amide bonds. The standard InChI is InChI=1S/C14H19NO2S/c1-3-12-15-8(2)13(18-12)14(16)17-11-7-9-4-5-10(11)6-9/h9-11H,3-7H2,1-2H3/t9-,10-,11+/m0/s1. The minimum Gasteiger partial charge on any atom is -0.458 e. The van der Waals surface area contributed by atoms with Crippen LogP contribution < -0.4 is 0 Å². The molecule has 0 spiro atoms. The molecule has 1 aromatic heterocycles. The summed E-state index contributed by atoms with van der Waals surface area (Å²) in [5.41, 5.74) is 0.824. The third-order valence-corrected chi connectivity index (χ3v) is 5.54. The van der Waals surface area contributed by atoms with Crippen LogP contribution in [0.15, 0.2) is 0 Å². The number of fused-ring (bicyclic) bond motifs is 2. The SMILES string of the molecule is CCc1nc(C)c(C(=O)O[C@@H]2C[C@H]3CC[C@H]2C3)s1. The molecule has 2 saturated carbocycles. The number of aromatic nitrogens is 1. The normalized spacial score (nSPS) is 29.8. The highest BCUT2D eigenvalue weighted by Crippen LogP contribution is 2.46. The number of hydrogen-bond acceptors (Lipinski definition) is 4. The van der Waals surface area contributed by atoms with Crippen molar-refractivity contribution in [1.29, 1.82) is 0 Å². The highest BCUT2D eigenvalue weighted by atomic mass is 32.1. The van der Waals surface area contributed by atoms with Crippen LogP contribution in [-0.2, 0) is 11.2 Å². The van der Waals surface area contributed by atoms with Gasteiger partial charge in [-0.15, -0.1) is 11.3 Å². The minimum absolute atomic E-state index is 0.151. The van der Waals surface area contributed by atoms with Gasteiger partial charge in [0, 0.05) is 0 Å². The first kappa shape index (κ1) is 12.2. The fourth-order valence-electron chi connectivity index (χ4n) is 3.31. The van der Waals surface area contributed by atoms with Gasteiger partial charge in [-0.3, -0.25) is 0 Å². The quantitative estimate of drug-likeness (QED) is 0.787. The van der Waals surface area contributed by atoms with Gasteiger partial charge in [-0.1, -0.05) is 6.92 Å². The maximum absolute atomic E-state index is 12.2. The molecule has 3 atom stereocenters. The van der Waals surface area contributed by atoms with Crippen molar-refractivity contribution in [2.75, 3.05) is 0 Å². The molecule has 2 fully saturated rings. The molecular formula is C14H19NO2S. The molecule has 2 aliphatic rings.